The average molecular weight is 272 g/mol. The second-order valence-electron chi connectivity index (χ2n) is 3.93. The van der Waals surface area contributed by atoms with Gasteiger partial charge in [-0.15, -0.1) is 0 Å². The van der Waals surface area contributed by atoms with Crippen molar-refractivity contribution in [3.8, 4) is 17.2 Å². The van der Waals surface area contributed by atoms with Gasteiger partial charge in [0.25, 0.3) is 5.69 Å². The van der Waals surface area contributed by atoms with Crippen LogP contribution in [-0.2, 0) is 0 Å². The first-order valence-corrected chi connectivity index (χ1v) is 5.78. The summed E-state index contributed by atoms with van der Waals surface area (Å²) in [5, 5.41) is 20.2. The van der Waals surface area contributed by atoms with Gasteiger partial charge in [-0.2, -0.15) is 5.26 Å². The first kappa shape index (κ1) is 13.1. The molecular formula is C14H8ClN2O2. The van der Waals surface area contributed by atoms with Crippen LogP contribution in [0.5, 0.6) is 0 Å². The van der Waals surface area contributed by atoms with Gasteiger partial charge in [-0.05, 0) is 36.8 Å². The van der Waals surface area contributed by atoms with Gasteiger partial charge in [0, 0.05) is 16.7 Å². The minimum absolute atomic E-state index is 0.0251. The number of nitro benzene ring substituents is 1. The minimum atomic E-state index is -0.454. The number of halogens is 1. The summed E-state index contributed by atoms with van der Waals surface area (Å²) in [6, 6.07) is 12.5. The monoisotopic (exact) mass is 271 g/mol. The lowest BCUT2D eigenvalue weighted by Crippen LogP contribution is -1.95. The zero-order chi connectivity index (χ0) is 14.0. The van der Waals surface area contributed by atoms with Crippen molar-refractivity contribution >= 4 is 17.3 Å². The standard InChI is InChI=1S/C14H8ClN2O2/c1-9-3-2-4-13(17(18)19)14(9)11-6-5-10(8-16)7-12(11)15/h2,4-7H,1H3. The number of nitro groups is 1. The largest absolute Gasteiger partial charge is 0.277 e. The van der Waals surface area contributed by atoms with Crippen LogP contribution in [0.25, 0.3) is 11.1 Å². The van der Waals surface area contributed by atoms with Crippen LogP contribution >= 0.6 is 11.6 Å². The number of aryl methyl sites for hydroxylation is 1. The molecule has 0 saturated heterocycles. The van der Waals surface area contributed by atoms with Gasteiger partial charge in [0.15, 0.2) is 0 Å². The topological polar surface area (TPSA) is 66.9 Å². The van der Waals surface area contributed by atoms with Crippen molar-refractivity contribution in [2.45, 2.75) is 6.92 Å². The Morgan fingerprint density at radius 3 is 2.74 bits per heavy atom. The summed E-state index contributed by atoms with van der Waals surface area (Å²) in [6.45, 7) is 1.73. The first-order valence-electron chi connectivity index (χ1n) is 5.40. The predicted octanol–water partition coefficient (Wildman–Crippen LogP) is 3.90. The summed E-state index contributed by atoms with van der Waals surface area (Å²) in [5.41, 5.74) is 1.99. The third kappa shape index (κ3) is 2.42. The van der Waals surface area contributed by atoms with Gasteiger partial charge in [0.05, 0.1) is 22.1 Å². The van der Waals surface area contributed by atoms with Crippen LogP contribution in [-0.4, -0.2) is 4.92 Å². The molecule has 0 saturated carbocycles. The average Bonchev–Trinajstić information content (AvgIpc) is 2.38. The number of hydrogen-bond donors (Lipinski definition) is 0. The second-order valence-corrected chi connectivity index (χ2v) is 4.33. The van der Waals surface area contributed by atoms with Gasteiger partial charge in [0.1, 0.15) is 0 Å². The summed E-state index contributed by atoms with van der Waals surface area (Å²) >= 11 is 6.10. The Balaban J connectivity index is 2.72. The van der Waals surface area contributed by atoms with Crippen molar-refractivity contribution in [3.63, 3.8) is 0 Å². The molecule has 5 heteroatoms. The van der Waals surface area contributed by atoms with Crippen LogP contribution in [0.3, 0.4) is 0 Å². The van der Waals surface area contributed by atoms with E-state index in [0.717, 1.165) is 0 Å². The van der Waals surface area contributed by atoms with E-state index in [0.29, 0.717) is 27.3 Å². The number of nitriles is 1. The molecule has 0 fully saturated rings. The fraction of sp³-hybridized carbons (Fsp3) is 0.0714. The fourth-order valence-corrected chi connectivity index (χ4v) is 2.15. The molecule has 19 heavy (non-hydrogen) atoms. The summed E-state index contributed by atoms with van der Waals surface area (Å²) in [4.78, 5) is 10.6. The molecule has 0 aliphatic heterocycles. The van der Waals surface area contributed by atoms with Gasteiger partial charge in [-0.1, -0.05) is 17.7 Å². The van der Waals surface area contributed by atoms with Crippen LogP contribution in [0, 0.1) is 34.4 Å². The Morgan fingerprint density at radius 1 is 1.42 bits per heavy atom. The van der Waals surface area contributed by atoms with E-state index in [-0.39, 0.29) is 5.69 Å². The second kappa shape index (κ2) is 5.09. The van der Waals surface area contributed by atoms with Crippen LogP contribution in [0.2, 0.25) is 5.02 Å². The molecule has 2 aromatic carbocycles. The van der Waals surface area contributed by atoms with Gasteiger partial charge in [-0.25, -0.2) is 0 Å². The smallest absolute Gasteiger partial charge is 0.258 e. The molecule has 0 heterocycles. The Labute approximate surface area is 115 Å². The van der Waals surface area contributed by atoms with E-state index in [1.54, 1.807) is 19.1 Å². The molecule has 1 radical (unpaired) electrons. The molecule has 0 spiro atoms. The highest BCUT2D eigenvalue weighted by molar-refractivity contribution is 6.33. The Kier molecular flexibility index (Phi) is 3.50. The van der Waals surface area contributed by atoms with Crippen molar-refractivity contribution in [3.05, 3.63) is 62.7 Å². The van der Waals surface area contributed by atoms with Crippen LogP contribution < -0.4 is 0 Å². The fourth-order valence-electron chi connectivity index (χ4n) is 1.87. The van der Waals surface area contributed by atoms with E-state index in [1.807, 2.05) is 6.07 Å². The molecular weight excluding hydrogens is 264 g/mol. The number of rotatable bonds is 2. The van der Waals surface area contributed by atoms with E-state index in [2.05, 4.69) is 6.07 Å². The minimum Gasteiger partial charge on any atom is -0.258 e. The third-order valence-electron chi connectivity index (χ3n) is 2.74. The molecule has 0 aliphatic carbocycles. The predicted molar refractivity (Wildman–Crippen MR) is 71.8 cm³/mol. The maximum absolute atomic E-state index is 11.1. The molecule has 0 atom stereocenters. The van der Waals surface area contributed by atoms with Crippen molar-refractivity contribution < 1.29 is 4.92 Å². The van der Waals surface area contributed by atoms with Crippen molar-refractivity contribution in [2.24, 2.45) is 0 Å². The summed E-state index contributed by atoms with van der Waals surface area (Å²) in [6.07, 6.45) is 0. The Morgan fingerprint density at radius 2 is 2.16 bits per heavy atom. The highest BCUT2D eigenvalue weighted by Crippen LogP contribution is 2.37. The summed E-state index contributed by atoms with van der Waals surface area (Å²) in [5.74, 6) is 0. The maximum Gasteiger partial charge on any atom is 0.277 e. The van der Waals surface area contributed by atoms with Crippen LogP contribution in [0.1, 0.15) is 11.1 Å². The lowest BCUT2D eigenvalue weighted by Gasteiger charge is -2.08. The summed E-state index contributed by atoms with van der Waals surface area (Å²) in [7, 11) is 0. The normalized spacial score (nSPS) is 9.95. The lowest BCUT2D eigenvalue weighted by molar-refractivity contribution is -0.384. The summed E-state index contributed by atoms with van der Waals surface area (Å²) < 4.78 is 0. The maximum atomic E-state index is 11.1. The van der Waals surface area contributed by atoms with E-state index < -0.39 is 4.92 Å². The molecule has 0 aromatic heterocycles. The number of nitrogens with zero attached hydrogens (tertiary/aromatic N) is 2. The number of benzene rings is 2. The zero-order valence-corrected chi connectivity index (χ0v) is 10.7. The molecule has 0 N–H and O–H groups in total. The Bertz CT molecular complexity index is 705. The quantitative estimate of drug-likeness (QED) is 0.614. The molecule has 0 aliphatic rings. The van der Waals surface area contributed by atoms with E-state index in [9.17, 15) is 10.1 Å². The lowest BCUT2D eigenvalue weighted by atomic mass is 9.97. The van der Waals surface area contributed by atoms with Gasteiger partial charge in [0.2, 0.25) is 0 Å². The molecule has 2 rings (SSSR count). The van der Waals surface area contributed by atoms with E-state index in [4.69, 9.17) is 16.9 Å². The molecule has 93 valence electrons. The van der Waals surface area contributed by atoms with Crippen molar-refractivity contribution in [2.75, 3.05) is 0 Å². The van der Waals surface area contributed by atoms with Gasteiger partial charge in [-0.3, -0.25) is 10.1 Å². The third-order valence-corrected chi connectivity index (χ3v) is 3.05. The highest BCUT2D eigenvalue weighted by Gasteiger charge is 2.19. The van der Waals surface area contributed by atoms with Crippen LogP contribution in [0.4, 0.5) is 5.69 Å². The molecule has 0 bridgehead atoms. The molecule has 0 unspecified atom stereocenters. The van der Waals surface area contributed by atoms with Gasteiger partial charge < -0.3 is 0 Å². The van der Waals surface area contributed by atoms with E-state index in [1.165, 1.54) is 18.2 Å². The molecule has 4 nitrogen and oxygen atoms in total. The first-order chi connectivity index (χ1) is 9.04. The molecule has 2 aromatic rings. The zero-order valence-electron chi connectivity index (χ0n) is 9.98. The highest BCUT2D eigenvalue weighted by atomic mass is 35.5. The van der Waals surface area contributed by atoms with Gasteiger partial charge >= 0.3 is 0 Å². The SMILES string of the molecule is Cc1[c]ccc([N+](=O)[O-])c1-c1ccc(C#N)cc1Cl. The Hall–Kier alpha value is -2.38. The van der Waals surface area contributed by atoms with Crippen LogP contribution in [0.15, 0.2) is 30.3 Å². The van der Waals surface area contributed by atoms with Crippen molar-refractivity contribution in [1.29, 1.82) is 5.26 Å². The van der Waals surface area contributed by atoms with E-state index >= 15 is 0 Å². The van der Waals surface area contributed by atoms with Crippen molar-refractivity contribution in [1.82, 2.24) is 0 Å². The molecule has 0 amide bonds. The number of hydrogen-bond acceptors (Lipinski definition) is 3.